The SMILES string of the molecule is CC(C)CC1(CNC(=O)N2CCC(CO)C2)CCC1. The lowest BCUT2D eigenvalue weighted by Crippen LogP contribution is -2.47. The van der Waals surface area contributed by atoms with Gasteiger partial charge in [-0.15, -0.1) is 0 Å². The van der Waals surface area contributed by atoms with Crippen LogP contribution >= 0.6 is 0 Å². The minimum Gasteiger partial charge on any atom is -0.396 e. The Morgan fingerprint density at radius 1 is 1.47 bits per heavy atom. The van der Waals surface area contributed by atoms with Crippen molar-refractivity contribution in [1.82, 2.24) is 10.2 Å². The van der Waals surface area contributed by atoms with Gasteiger partial charge in [-0.3, -0.25) is 0 Å². The first-order valence-electron chi connectivity index (χ1n) is 7.68. The zero-order valence-electron chi connectivity index (χ0n) is 12.3. The third-order valence-electron chi connectivity index (χ3n) is 4.70. The van der Waals surface area contributed by atoms with Crippen LogP contribution in [0.5, 0.6) is 0 Å². The van der Waals surface area contributed by atoms with E-state index in [1.807, 2.05) is 4.90 Å². The summed E-state index contributed by atoms with van der Waals surface area (Å²) in [5.41, 5.74) is 0.361. The van der Waals surface area contributed by atoms with Crippen molar-refractivity contribution >= 4 is 6.03 Å². The van der Waals surface area contributed by atoms with Gasteiger partial charge in [-0.25, -0.2) is 4.79 Å². The lowest BCUT2D eigenvalue weighted by molar-refractivity contribution is 0.0977. The first-order chi connectivity index (χ1) is 9.04. The molecular formula is C15H28N2O2. The fourth-order valence-electron chi connectivity index (χ4n) is 3.54. The summed E-state index contributed by atoms with van der Waals surface area (Å²) in [7, 11) is 0. The average molecular weight is 268 g/mol. The van der Waals surface area contributed by atoms with Gasteiger partial charge in [0, 0.05) is 32.2 Å². The van der Waals surface area contributed by atoms with Gasteiger partial charge in [0.1, 0.15) is 0 Å². The summed E-state index contributed by atoms with van der Waals surface area (Å²) >= 11 is 0. The number of nitrogens with one attached hydrogen (secondary N) is 1. The predicted molar refractivity (Wildman–Crippen MR) is 75.9 cm³/mol. The summed E-state index contributed by atoms with van der Waals surface area (Å²) in [6.45, 7) is 7.03. The second-order valence-electron chi connectivity index (χ2n) is 6.89. The number of hydrogen-bond donors (Lipinski definition) is 2. The van der Waals surface area contributed by atoms with Gasteiger partial charge < -0.3 is 15.3 Å². The van der Waals surface area contributed by atoms with Crippen molar-refractivity contribution in [3.63, 3.8) is 0 Å². The van der Waals surface area contributed by atoms with Gasteiger partial charge in [-0.2, -0.15) is 0 Å². The van der Waals surface area contributed by atoms with E-state index in [-0.39, 0.29) is 18.6 Å². The summed E-state index contributed by atoms with van der Waals surface area (Å²) in [5.74, 6) is 0.974. The van der Waals surface area contributed by atoms with E-state index in [0.29, 0.717) is 17.9 Å². The first-order valence-corrected chi connectivity index (χ1v) is 7.68. The molecule has 2 aliphatic rings. The number of hydrogen-bond acceptors (Lipinski definition) is 2. The van der Waals surface area contributed by atoms with Crippen molar-refractivity contribution < 1.29 is 9.90 Å². The molecule has 0 radical (unpaired) electrons. The molecule has 1 heterocycles. The summed E-state index contributed by atoms with van der Waals surface area (Å²) in [6.07, 6.45) is 5.96. The molecule has 110 valence electrons. The van der Waals surface area contributed by atoms with Crippen LogP contribution < -0.4 is 5.32 Å². The Labute approximate surface area is 116 Å². The van der Waals surface area contributed by atoms with Crippen LogP contribution in [0.2, 0.25) is 0 Å². The van der Waals surface area contributed by atoms with Crippen LogP contribution in [0.15, 0.2) is 0 Å². The molecule has 2 amide bonds. The Morgan fingerprint density at radius 2 is 2.21 bits per heavy atom. The molecule has 4 heteroatoms. The highest BCUT2D eigenvalue weighted by Gasteiger charge is 2.38. The number of rotatable bonds is 5. The molecule has 1 atom stereocenters. The van der Waals surface area contributed by atoms with Gasteiger partial charge in [0.25, 0.3) is 0 Å². The van der Waals surface area contributed by atoms with Crippen LogP contribution in [0.1, 0.15) is 46.0 Å². The second kappa shape index (κ2) is 6.12. The number of aliphatic hydroxyl groups excluding tert-OH is 1. The Hall–Kier alpha value is -0.770. The number of carbonyl (C=O) groups excluding carboxylic acids is 1. The number of likely N-dealkylation sites (tertiary alicyclic amines) is 1. The second-order valence-corrected chi connectivity index (χ2v) is 6.89. The van der Waals surface area contributed by atoms with Crippen LogP contribution in [0, 0.1) is 17.3 Å². The van der Waals surface area contributed by atoms with Gasteiger partial charge in [-0.1, -0.05) is 20.3 Å². The summed E-state index contributed by atoms with van der Waals surface area (Å²) in [4.78, 5) is 14.0. The molecular weight excluding hydrogens is 240 g/mol. The topological polar surface area (TPSA) is 52.6 Å². The maximum Gasteiger partial charge on any atom is 0.317 e. The van der Waals surface area contributed by atoms with Crippen LogP contribution in [-0.4, -0.2) is 42.3 Å². The molecule has 0 spiro atoms. The van der Waals surface area contributed by atoms with Gasteiger partial charge in [0.15, 0.2) is 0 Å². The van der Waals surface area contributed by atoms with Crippen molar-refractivity contribution in [3.8, 4) is 0 Å². The fraction of sp³-hybridized carbons (Fsp3) is 0.933. The number of nitrogens with zero attached hydrogens (tertiary/aromatic N) is 1. The summed E-state index contributed by atoms with van der Waals surface area (Å²) in [6, 6.07) is 0.0611. The maximum atomic E-state index is 12.1. The van der Waals surface area contributed by atoms with Crippen molar-refractivity contribution in [1.29, 1.82) is 0 Å². The molecule has 4 nitrogen and oxygen atoms in total. The predicted octanol–water partition coefficient (Wildman–Crippen LogP) is 2.23. The molecule has 1 saturated carbocycles. The van der Waals surface area contributed by atoms with E-state index in [1.54, 1.807) is 0 Å². The minimum atomic E-state index is 0.0611. The number of urea groups is 1. The van der Waals surface area contributed by atoms with E-state index in [0.717, 1.165) is 19.5 Å². The van der Waals surface area contributed by atoms with E-state index in [1.165, 1.54) is 25.7 Å². The summed E-state index contributed by atoms with van der Waals surface area (Å²) in [5, 5.41) is 12.2. The fourth-order valence-corrected chi connectivity index (χ4v) is 3.54. The number of carbonyl (C=O) groups is 1. The normalized spacial score (nSPS) is 25.5. The van der Waals surface area contributed by atoms with Crippen molar-refractivity contribution in [2.24, 2.45) is 17.3 Å². The number of aliphatic hydroxyl groups is 1. The van der Waals surface area contributed by atoms with Crippen LogP contribution in [-0.2, 0) is 0 Å². The Morgan fingerprint density at radius 3 is 2.68 bits per heavy atom. The highest BCUT2D eigenvalue weighted by atomic mass is 16.3. The molecule has 19 heavy (non-hydrogen) atoms. The van der Waals surface area contributed by atoms with E-state index < -0.39 is 0 Å². The standard InChI is InChI=1S/C15H28N2O2/c1-12(2)8-15(5-3-6-15)11-16-14(19)17-7-4-13(9-17)10-18/h12-13,18H,3-11H2,1-2H3,(H,16,19). The van der Waals surface area contributed by atoms with Crippen LogP contribution in [0.4, 0.5) is 4.79 Å². The van der Waals surface area contributed by atoms with E-state index in [9.17, 15) is 4.79 Å². The molecule has 0 aromatic rings. The molecule has 1 unspecified atom stereocenters. The molecule has 1 aliphatic heterocycles. The first kappa shape index (κ1) is 14.6. The lowest BCUT2D eigenvalue weighted by atomic mass is 9.64. The molecule has 0 aromatic carbocycles. The van der Waals surface area contributed by atoms with Crippen LogP contribution in [0.25, 0.3) is 0 Å². The third kappa shape index (κ3) is 3.62. The maximum absolute atomic E-state index is 12.1. The Balaban J connectivity index is 1.76. The highest BCUT2D eigenvalue weighted by molar-refractivity contribution is 5.74. The molecule has 2 N–H and O–H groups in total. The number of amides is 2. The zero-order chi connectivity index (χ0) is 13.9. The largest absolute Gasteiger partial charge is 0.396 e. The van der Waals surface area contributed by atoms with E-state index in [2.05, 4.69) is 19.2 Å². The molecule has 2 rings (SSSR count). The molecule has 0 bridgehead atoms. The smallest absolute Gasteiger partial charge is 0.317 e. The zero-order valence-corrected chi connectivity index (χ0v) is 12.3. The van der Waals surface area contributed by atoms with E-state index >= 15 is 0 Å². The molecule has 2 fully saturated rings. The van der Waals surface area contributed by atoms with E-state index in [4.69, 9.17) is 5.11 Å². The van der Waals surface area contributed by atoms with Crippen molar-refractivity contribution in [2.75, 3.05) is 26.2 Å². The quantitative estimate of drug-likeness (QED) is 0.803. The van der Waals surface area contributed by atoms with Gasteiger partial charge in [0.2, 0.25) is 0 Å². The van der Waals surface area contributed by atoms with Crippen molar-refractivity contribution in [3.05, 3.63) is 0 Å². The summed E-state index contributed by atoms with van der Waals surface area (Å²) < 4.78 is 0. The average Bonchev–Trinajstić information content (AvgIpc) is 2.80. The molecule has 1 aliphatic carbocycles. The minimum absolute atomic E-state index is 0.0611. The van der Waals surface area contributed by atoms with Crippen LogP contribution in [0.3, 0.4) is 0 Å². The highest BCUT2D eigenvalue weighted by Crippen LogP contribution is 2.45. The van der Waals surface area contributed by atoms with Gasteiger partial charge >= 0.3 is 6.03 Å². The third-order valence-corrected chi connectivity index (χ3v) is 4.70. The molecule has 0 aromatic heterocycles. The van der Waals surface area contributed by atoms with Gasteiger partial charge in [0.05, 0.1) is 0 Å². The Bertz CT molecular complexity index is 313. The molecule has 1 saturated heterocycles. The van der Waals surface area contributed by atoms with Crippen molar-refractivity contribution in [2.45, 2.75) is 46.0 Å². The van der Waals surface area contributed by atoms with Gasteiger partial charge in [-0.05, 0) is 37.0 Å². The lowest BCUT2D eigenvalue weighted by Gasteiger charge is -2.43. The Kier molecular flexibility index (Phi) is 4.71. The monoisotopic (exact) mass is 268 g/mol.